The van der Waals surface area contributed by atoms with Gasteiger partial charge in [-0.1, -0.05) is 0 Å². The van der Waals surface area contributed by atoms with Crippen molar-refractivity contribution in [2.24, 2.45) is 12.8 Å². The largest absolute Gasteiger partial charge is 0.503 e. The third kappa shape index (κ3) is 3.50. The Morgan fingerprint density at radius 3 is 2.54 bits per heavy atom. The first-order valence-corrected chi connectivity index (χ1v) is 3.23. The molecule has 0 atom stereocenters. The van der Waals surface area contributed by atoms with Crippen molar-refractivity contribution in [3.05, 3.63) is 28.2 Å². The van der Waals surface area contributed by atoms with Crippen LogP contribution in [-0.2, 0) is 13.6 Å². The molecule has 0 radical (unpaired) electrons. The van der Waals surface area contributed by atoms with Crippen LogP contribution in [0.3, 0.4) is 0 Å². The molecular weight excluding hydrogens is 304 g/mol. The van der Waals surface area contributed by atoms with E-state index in [9.17, 15) is 4.79 Å². The van der Waals surface area contributed by atoms with Gasteiger partial charge in [-0.15, -0.1) is 34.0 Å². The van der Waals surface area contributed by atoms with E-state index in [2.05, 4.69) is 0 Å². The summed E-state index contributed by atoms with van der Waals surface area (Å²) >= 11 is 0. The molecule has 1 aromatic heterocycles. The maximum atomic E-state index is 10.8. The van der Waals surface area contributed by atoms with E-state index in [1.165, 1.54) is 12.3 Å². The molecule has 0 amide bonds. The predicted octanol–water partition coefficient (Wildman–Crippen LogP) is 0.705. The fourth-order valence-corrected chi connectivity index (χ4v) is 0.860. The van der Waals surface area contributed by atoms with Gasteiger partial charge in [0.1, 0.15) is 0 Å². The van der Waals surface area contributed by atoms with Gasteiger partial charge >= 0.3 is 0 Å². The zero-order valence-corrected chi connectivity index (χ0v) is 10.5. The molecule has 4 nitrogen and oxygen atoms in total. The van der Waals surface area contributed by atoms with Crippen LogP contribution in [0.4, 0.5) is 0 Å². The molecule has 3 N–H and O–H groups in total. The molecule has 0 aliphatic rings. The molecule has 0 fully saturated rings. The van der Waals surface area contributed by atoms with E-state index in [4.69, 9.17) is 10.8 Å². The summed E-state index contributed by atoms with van der Waals surface area (Å²) in [4.78, 5) is 10.8. The second-order valence-corrected chi connectivity index (χ2v) is 2.33. The lowest BCUT2D eigenvalue weighted by molar-refractivity contribution is 0.462. The van der Waals surface area contributed by atoms with Gasteiger partial charge in [0.25, 0.3) is 0 Å². The van der Waals surface area contributed by atoms with Crippen LogP contribution in [0, 0.1) is 0 Å². The fraction of sp³-hybridized carbons (Fsp3) is 0.286. The lowest BCUT2D eigenvalue weighted by atomic mass is 10.3. The van der Waals surface area contributed by atoms with E-state index in [1.54, 1.807) is 11.6 Å². The molecule has 0 aliphatic carbocycles. The molecule has 0 spiro atoms. The highest BCUT2D eigenvalue weighted by molar-refractivity contribution is 8.93. The van der Waals surface area contributed by atoms with Gasteiger partial charge in [0.05, 0.1) is 0 Å². The minimum Gasteiger partial charge on any atom is -0.503 e. The molecule has 0 bridgehead atoms. The van der Waals surface area contributed by atoms with Gasteiger partial charge in [-0.25, -0.2) is 0 Å². The molecule has 13 heavy (non-hydrogen) atoms. The summed E-state index contributed by atoms with van der Waals surface area (Å²) in [6.45, 7) is 0.298. The molecule has 1 rings (SSSR count). The summed E-state index contributed by atoms with van der Waals surface area (Å²) in [5, 5.41) is 8.95. The maximum Gasteiger partial charge on any atom is 0.223 e. The third-order valence-corrected chi connectivity index (χ3v) is 1.53. The van der Waals surface area contributed by atoms with E-state index >= 15 is 0 Å². The van der Waals surface area contributed by atoms with E-state index in [1.807, 2.05) is 0 Å². The average Bonchev–Trinajstić information content (AvgIpc) is 1.97. The standard InChI is InChI=1S/C7H10N2O2.2BrH/c1-9-4-7(11)6(10)2-5(9)3-8;;/h2,4,11H,3,8H2,1H3;2*1H. The van der Waals surface area contributed by atoms with Crippen molar-refractivity contribution < 1.29 is 5.11 Å². The van der Waals surface area contributed by atoms with Crippen LogP contribution in [0.1, 0.15) is 5.69 Å². The number of nitrogens with zero attached hydrogens (tertiary/aromatic N) is 1. The molecule has 0 saturated heterocycles. The normalized spacial score (nSPS) is 8.46. The van der Waals surface area contributed by atoms with E-state index in [0.717, 1.165) is 0 Å². The summed E-state index contributed by atoms with van der Waals surface area (Å²) in [5.74, 6) is -0.246. The zero-order valence-electron chi connectivity index (χ0n) is 7.06. The molecular formula is C7H12Br2N2O2. The predicted molar refractivity (Wildman–Crippen MR) is 61.9 cm³/mol. The fourth-order valence-electron chi connectivity index (χ4n) is 0.860. The molecule has 0 unspecified atom stereocenters. The molecule has 0 aliphatic heterocycles. The molecule has 0 saturated carbocycles. The smallest absolute Gasteiger partial charge is 0.223 e. The Bertz CT molecular complexity index is 325. The Morgan fingerprint density at radius 2 is 2.08 bits per heavy atom. The van der Waals surface area contributed by atoms with Crippen molar-refractivity contribution in [1.29, 1.82) is 0 Å². The molecule has 1 heterocycles. The average molecular weight is 316 g/mol. The molecule has 76 valence electrons. The monoisotopic (exact) mass is 314 g/mol. The second kappa shape index (κ2) is 6.17. The lowest BCUT2D eigenvalue weighted by Crippen LogP contribution is -2.12. The number of nitrogens with two attached hydrogens (primary N) is 1. The number of aromatic hydroxyl groups is 1. The Kier molecular flexibility index (Phi) is 7.20. The summed E-state index contributed by atoms with van der Waals surface area (Å²) in [6.07, 6.45) is 1.35. The number of rotatable bonds is 1. The Hall–Kier alpha value is -0.330. The SMILES string of the molecule is Br.Br.Cn1cc(O)c(=O)cc1CN. The van der Waals surface area contributed by atoms with Gasteiger partial charge in [0, 0.05) is 31.5 Å². The van der Waals surface area contributed by atoms with Crippen molar-refractivity contribution in [2.45, 2.75) is 6.54 Å². The first-order chi connectivity index (χ1) is 5.15. The van der Waals surface area contributed by atoms with Crippen LogP contribution in [0.5, 0.6) is 5.75 Å². The van der Waals surface area contributed by atoms with E-state index in [0.29, 0.717) is 12.2 Å². The van der Waals surface area contributed by atoms with Gasteiger partial charge in [-0.3, -0.25) is 4.79 Å². The zero-order chi connectivity index (χ0) is 8.43. The van der Waals surface area contributed by atoms with Gasteiger partial charge in [0.15, 0.2) is 5.75 Å². The highest BCUT2D eigenvalue weighted by atomic mass is 79.9. The van der Waals surface area contributed by atoms with Gasteiger partial charge in [0.2, 0.25) is 5.43 Å². The van der Waals surface area contributed by atoms with Gasteiger partial charge < -0.3 is 15.4 Å². The highest BCUT2D eigenvalue weighted by Crippen LogP contribution is 2.01. The molecule has 0 aromatic carbocycles. The number of halogens is 2. The minimum absolute atomic E-state index is 0. The maximum absolute atomic E-state index is 10.8. The van der Waals surface area contributed by atoms with Crippen molar-refractivity contribution in [3.63, 3.8) is 0 Å². The van der Waals surface area contributed by atoms with Crippen LogP contribution in [-0.4, -0.2) is 9.67 Å². The third-order valence-electron chi connectivity index (χ3n) is 1.53. The van der Waals surface area contributed by atoms with Gasteiger partial charge in [-0.05, 0) is 0 Å². The topological polar surface area (TPSA) is 68.2 Å². The number of pyridine rings is 1. The van der Waals surface area contributed by atoms with Crippen molar-refractivity contribution >= 4 is 34.0 Å². The lowest BCUT2D eigenvalue weighted by Gasteiger charge is -2.04. The summed E-state index contributed by atoms with van der Waals surface area (Å²) in [7, 11) is 1.72. The van der Waals surface area contributed by atoms with Crippen LogP contribution in [0.25, 0.3) is 0 Å². The minimum atomic E-state index is -0.386. The summed E-state index contributed by atoms with van der Waals surface area (Å²) in [5.41, 5.74) is 5.64. The van der Waals surface area contributed by atoms with Crippen molar-refractivity contribution in [2.75, 3.05) is 0 Å². The number of hydrogen-bond donors (Lipinski definition) is 2. The van der Waals surface area contributed by atoms with Crippen molar-refractivity contribution in [1.82, 2.24) is 4.57 Å². The van der Waals surface area contributed by atoms with Gasteiger partial charge in [-0.2, -0.15) is 0 Å². The quantitative estimate of drug-likeness (QED) is 0.802. The number of hydrogen-bond acceptors (Lipinski definition) is 3. The Labute approximate surface area is 96.9 Å². The van der Waals surface area contributed by atoms with Crippen LogP contribution >= 0.6 is 34.0 Å². The summed E-state index contributed by atoms with van der Waals surface area (Å²) in [6, 6.07) is 1.33. The second-order valence-electron chi connectivity index (χ2n) is 2.33. The summed E-state index contributed by atoms with van der Waals surface area (Å²) < 4.78 is 1.62. The van der Waals surface area contributed by atoms with Crippen LogP contribution < -0.4 is 11.2 Å². The molecule has 1 aromatic rings. The Balaban J connectivity index is 0. The highest BCUT2D eigenvalue weighted by Gasteiger charge is 1.99. The van der Waals surface area contributed by atoms with Crippen LogP contribution in [0.15, 0.2) is 17.1 Å². The van der Waals surface area contributed by atoms with Crippen LogP contribution in [0.2, 0.25) is 0 Å². The number of aromatic nitrogens is 1. The first kappa shape index (κ1) is 15.2. The molecule has 6 heteroatoms. The first-order valence-electron chi connectivity index (χ1n) is 3.23. The van der Waals surface area contributed by atoms with E-state index < -0.39 is 0 Å². The Morgan fingerprint density at radius 1 is 1.54 bits per heavy atom. The number of aryl methyl sites for hydroxylation is 1. The van der Waals surface area contributed by atoms with Crippen molar-refractivity contribution in [3.8, 4) is 5.75 Å². The van der Waals surface area contributed by atoms with E-state index in [-0.39, 0.29) is 45.1 Å².